The van der Waals surface area contributed by atoms with E-state index in [9.17, 15) is 18.0 Å². The summed E-state index contributed by atoms with van der Waals surface area (Å²) in [5, 5.41) is 3.20. The molecule has 2 heterocycles. The number of nitrogens with zero attached hydrogens (tertiary/aromatic N) is 1. The van der Waals surface area contributed by atoms with Crippen LogP contribution in [0.1, 0.15) is 20.9 Å². The van der Waals surface area contributed by atoms with Gasteiger partial charge in [0.1, 0.15) is 0 Å². The summed E-state index contributed by atoms with van der Waals surface area (Å²) in [4.78, 5) is 12.6. The van der Waals surface area contributed by atoms with Gasteiger partial charge in [-0.05, 0) is 41.8 Å². The van der Waals surface area contributed by atoms with Crippen LogP contribution in [-0.4, -0.2) is 10.5 Å². The van der Waals surface area contributed by atoms with E-state index in [1.807, 2.05) is 29.9 Å². The van der Waals surface area contributed by atoms with Crippen molar-refractivity contribution in [1.82, 2.24) is 9.88 Å². The van der Waals surface area contributed by atoms with Gasteiger partial charge in [0, 0.05) is 23.6 Å². The lowest BCUT2D eigenvalue weighted by molar-refractivity contribution is -0.137. The average Bonchev–Trinajstić information content (AvgIpc) is 3.09. The SMILES string of the molecule is Cn1cccc1CNC(=O)c1cc2cc(C(F)(F)F)ccc2s1. The second-order valence-electron chi connectivity index (χ2n) is 5.15. The lowest BCUT2D eigenvalue weighted by atomic mass is 10.1. The fourth-order valence-electron chi connectivity index (χ4n) is 2.27. The molecule has 2 aromatic heterocycles. The molecular weight excluding hydrogens is 325 g/mol. The van der Waals surface area contributed by atoms with Crippen molar-refractivity contribution in [1.29, 1.82) is 0 Å². The maximum atomic E-state index is 12.7. The highest BCUT2D eigenvalue weighted by Crippen LogP contribution is 2.34. The van der Waals surface area contributed by atoms with Gasteiger partial charge in [-0.25, -0.2) is 0 Å². The molecule has 120 valence electrons. The Morgan fingerprint density at radius 2 is 2.04 bits per heavy atom. The summed E-state index contributed by atoms with van der Waals surface area (Å²) in [6.45, 7) is 0.365. The predicted octanol–water partition coefficient (Wildman–Crippen LogP) is 4.19. The number of benzene rings is 1. The zero-order valence-electron chi connectivity index (χ0n) is 12.1. The smallest absolute Gasteiger partial charge is 0.353 e. The third-order valence-corrected chi connectivity index (χ3v) is 4.66. The van der Waals surface area contributed by atoms with E-state index in [4.69, 9.17) is 0 Å². The lowest BCUT2D eigenvalue weighted by Crippen LogP contribution is -2.22. The van der Waals surface area contributed by atoms with Crippen LogP contribution in [0.5, 0.6) is 0 Å². The van der Waals surface area contributed by atoms with E-state index in [-0.39, 0.29) is 5.91 Å². The van der Waals surface area contributed by atoms with Crippen molar-refractivity contribution < 1.29 is 18.0 Å². The van der Waals surface area contributed by atoms with E-state index >= 15 is 0 Å². The molecule has 23 heavy (non-hydrogen) atoms. The number of thiophene rings is 1. The molecule has 3 rings (SSSR count). The molecule has 1 aromatic carbocycles. The minimum Gasteiger partial charge on any atom is -0.353 e. The molecule has 7 heteroatoms. The molecule has 1 amide bonds. The van der Waals surface area contributed by atoms with Gasteiger partial charge in [0.15, 0.2) is 0 Å². The Bertz CT molecular complexity index is 864. The summed E-state index contributed by atoms with van der Waals surface area (Å²) in [7, 11) is 1.87. The first-order valence-corrected chi connectivity index (χ1v) is 7.65. The Balaban J connectivity index is 1.80. The third-order valence-electron chi connectivity index (χ3n) is 3.55. The van der Waals surface area contributed by atoms with Gasteiger partial charge >= 0.3 is 6.18 Å². The largest absolute Gasteiger partial charge is 0.416 e. The van der Waals surface area contributed by atoms with Gasteiger partial charge in [0.05, 0.1) is 17.0 Å². The number of carbonyl (C=O) groups excluding carboxylic acids is 1. The highest BCUT2D eigenvalue weighted by atomic mass is 32.1. The average molecular weight is 338 g/mol. The van der Waals surface area contributed by atoms with E-state index in [0.29, 0.717) is 21.5 Å². The van der Waals surface area contributed by atoms with Gasteiger partial charge in [-0.3, -0.25) is 4.79 Å². The van der Waals surface area contributed by atoms with Crippen LogP contribution in [0.4, 0.5) is 13.2 Å². The normalized spacial score (nSPS) is 11.8. The topological polar surface area (TPSA) is 34.0 Å². The molecule has 0 aliphatic heterocycles. The maximum absolute atomic E-state index is 12.7. The molecule has 1 N–H and O–H groups in total. The second-order valence-corrected chi connectivity index (χ2v) is 6.24. The Morgan fingerprint density at radius 3 is 2.70 bits per heavy atom. The molecule has 3 aromatic rings. The van der Waals surface area contributed by atoms with E-state index < -0.39 is 11.7 Å². The van der Waals surface area contributed by atoms with E-state index in [1.54, 1.807) is 0 Å². The molecule has 0 bridgehead atoms. The fraction of sp³-hybridized carbons (Fsp3) is 0.188. The summed E-state index contributed by atoms with van der Waals surface area (Å²) in [6.07, 6.45) is -2.51. The van der Waals surface area contributed by atoms with Gasteiger partial charge < -0.3 is 9.88 Å². The molecule has 0 saturated heterocycles. The first kappa shape index (κ1) is 15.6. The molecule has 0 aliphatic rings. The number of halogens is 3. The van der Waals surface area contributed by atoms with Crippen LogP contribution in [-0.2, 0) is 19.8 Å². The van der Waals surface area contributed by atoms with Gasteiger partial charge in [0.2, 0.25) is 0 Å². The number of alkyl halides is 3. The number of hydrogen-bond donors (Lipinski definition) is 1. The molecular formula is C16H13F3N2OS. The number of rotatable bonds is 3. The summed E-state index contributed by atoms with van der Waals surface area (Å²) >= 11 is 1.18. The summed E-state index contributed by atoms with van der Waals surface area (Å²) in [5.41, 5.74) is 0.234. The number of fused-ring (bicyclic) bond motifs is 1. The van der Waals surface area contributed by atoms with Gasteiger partial charge in [-0.1, -0.05) is 0 Å². The van der Waals surface area contributed by atoms with E-state index in [2.05, 4.69) is 5.32 Å². The molecule has 3 nitrogen and oxygen atoms in total. The Hall–Kier alpha value is -2.28. The zero-order chi connectivity index (χ0) is 16.6. The van der Waals surface area contributed by atoms with Crippen molar-refractivity contribution in [3.05, 3.63) is 58.7 Å². The van der Waals surface area contributed by atoms with Crippen LogP contribution in [0.2, 0.25) is 0 Å². The molecule has 0 spiro atoms. The molecule has 0 unspecified atom stereocenters. The Morgan fingerprint density at radius 1 is 1.26 bits per heavy atom. The Kier molecular flexibility index (Phi) is 3.89. The summed E-state index contributed by atoms with van der Waals surface area (Å²) < 4.78 is 40.7. The van der Waals surface area contributed by atoms with Crippen LogP contribution in [0.15, 0.2) is 42.6 Å². The van der Waals surface area contributed by atoms with Crippen molar-refractivity contribution in [3.63, 3.8) is 0 Å². The molecule has 0 fully saturated rings. The first-order chi connectivity index (χ1) is 10.8. The molecule has 0 saturated carbocycles. The quantitative estimate of drug-likeness (QED) is 0.763. The predicted molar refractivity (Wildman–Crippen MR) is 83.4 cm³/mol. The van der Waals surface area contributed by atoms with Crippen LogP contribution < -0.4 is 5.32 Å². The number of aryl methyl sites for hydroxylation is 1. The minimum absolute atomic E-state index is 0.291. The number of hydrogen-bond acceptors (Lipinski definition) is 2. The van der Waals surface area contributed by atoms with Crippen molar-refractivity contribution in [2.45, 2.75) is 12.7 Å². The van der Waals surface area contributed by atoms with Crippen molar-refractivity contribution in [3.8, 4) is 0 Å². The summed E-state index contributed by atoms with van der Waals surface area (Å²) in [5.74, 6) is -0.291. The number of aromatic nitrogens is 1. The summed E-state index contributed by atoms with van der Waals surface area (Å²) in [6, 6.07) is 8.76. The van der Waals surface area contributed by atoms with Crippen LogP contribution in [0.3, 0.4) is 0 Å². The zero-order valence-corrected chi connectivity index (χ0v) is 13.0. The highest BCUT2D eigenvalue weighted by molar-refractivity contribution is 7.20. The first-order valence-electron chi connectivity index (χ1n) is 6.84. The van der Waals surface area contributed by atoms with Gasteiger partial charge in [0.25, 0.3) is 5.91 Å². The minimum atomic E-state index is -4.38. The van der Waals surface area contributed by atoms with Crippen LogP contribution in [0.25, 0.3) is 10.1 Å². The van der Waals surface area contributed by atoms with Crippen molar-refractivity contribution in [2.75, 3.05) is 0 Å². The highest BCUT2D eigenvalue weighted by Gasteiger charge is 2.30. The molecule has 0 atom stereocenters. The van der Waals surface area contributed by atoms with Crippen LogP contribution >= 0.6 is 11.3 Å². The molecule has 0 radical (unpaired) electrons. The van der Waals surface area contributed by atoms with Crippen molar-refractivity contribution >= 4 is 27.3 Å². The maximum Gasteiger partial charge on any atom is 0.416 e. The monoisotopic (exact) mass is 338 g/mol. The number of nitrogens with one attached hydrogen (secondary N) is 1. The molecule has 0 aliphatic carbocycles. The standard InChI is InChI=1S/C16H13F3N2OS/c1-21-6-2-3-12(21)9-20-15(22)14-8-10-7-11(16(17,18)19)4-5-13(10)23-14/h2-8H,9H2,1H3,(H,20,22). The van der Waals surface area contributed by atoms with Gasteiger partial charge in [-0.15, -0.1) is 11.3 Å². The number of carbonyl (C=O) groups is 1. The van der Waals surface area contributed by atoms with E-state index in [1.165, 1.54) is 23.5 Å². The lowest BCUT2D eigenvalue weighted by Gasteiger charge is -2.05. The van der Waals surface area contributed by atoms with E-state index in [0.717, 1.165) is 17.8 Å². The fourth-order valence-corrected chi connectivity index (χ4v) is 3.23. The second kappa shape index (κ2) is 5.73. The third kappa shape index (κ3) is 3.24. The van der Waals surface area contributed by atoms with Crippen molar-refractivity contribution in [2.24, 2.45) is 7.05 Å². The Labute approximate surface area is 134 Å². The van der Waals surface area contributed by atoms with Crippen LogP contribution in [0, 0.1) is 0 Å². The van der Waals surface area contributed by atoms with Gasteiger partial charge in [-0.2, -0.15) is 13.2 Å². The number of amides is 1.